The lowest BCUT2D eigenvalue weighted by molar-refractivity contribution is -0.121. The number of nitrogens with one attached hydrogen (secondary N) is 1. The summed E-state index contributed by atoms with van der Waals surface area (Å²) in [6.07, 6.45) is 7.46. The summed E-state index contributed by atoms with van der Waals surface area (Å²) in [5.74, 6) is 0.445. The molecule has 2 aromatic rings. The number of benzene rings is 1. The van der Waals surface area contributed by atoms with Gasteiger partial charge in [0.15, 0.2) is 0 Å². The fourth-order valence-electron chi connectivity index (χ4n) is 3.24. The summed E-state index contributed by atoms with van der Waals surface area (Å²) in [5, 5.41) is 13.8. The summed E-state index contributed by atoms with van der Waals surface area (Å²) in [4.78, 5) is 16.2. The molecule has 2 rings (SSSR count). The molecule has 5 nitrogen and oxygen atoms in total. The predicted molar refractivity (Wildman–Crippen MR) is 114 cm³/mol. The predicted octanol–water partition coefficient (Wildman–Crippen LogP) is 4.32. The summed E-state index contributed by atoms with van der Waals surface area (Å²) >= 11 is 0. The molecule has 1 heterocycles. The molecule has 1 aromatic carbocycles. The molecule has 0 aliphatic heterocycles. The third kappa shape index (κ3) is 6.11. The van der Waals surface area contributed by atoms with Crippen LogP contribution < -0.4 is 5.32 Å². The van der Waals surface area contributed by atoms with Crippen LogP contribution in [-0.2, 0) is 28.6 Å². The minimum atomic E-state index is -0.157. The van der Waals surface area contributed by atoms with Crippen molar-refractivity contribution in [3.05, 3.63) is 47.5 Å². The van der Waals surface area contributed by atoms with Gasteiger partial charge in [-0.05, 0) is 40.4 Å². The minimum absolute atomic E-state index is 0.0633. The van der Waals surface area contributed by atoms with E-state index in [4.69, 9.17) is 0 Å². The first-order chi connectivity index (χ1) is 13.0. The van der Waals surface area contributed by atoms with Gasteiger partial charge in [0.1, 0.15) is 5.75 Å². The van der Waals surface area contributed by atoms with Gasteiger partial charge in [-0.2, -0.15) is 0 Å². The summed E-state index contributed by atoms with van der Waals surface area (Å²) < 4.78 is 2.00. The zero-order valence-corrected chi connectivity index (χ0v) is 18.2. The van der Waals surface area contributed by atoms with Crippen LogP contribution in [0.4, 0.5) is 0 Å². The highest BCUT2D eigenvalue weighted by atomic mass is 16.3. The number of rotatable bonds is 7. The van der Waals surface area contributed by atoms with E-state index < -0.39 is 0 Å². The standard InChI is InChI=1S/C23H35N3O2/c1-22(2,3)18-14-17(15-19(21(18)28)23(4,5)6)8-9-20(27)25-10-7-12-26-13-11-24-16-26/h11,13-16,28H,7-10,12H2,1-6H3,(H,25,27). The molecule has 0 saturated carbocycles. The molecular weight excluding hydrogens is 350 g/mol. The Balaban J connectivity index is 1.97. The summed E-state index contributed by atoms with van der Waals surface area (Å²) in [7, 11) is 0. The van der Waals surface area contributed by atoms with Gasteiger partial charge in [0.2, 0.25) is 5.91 Å². The van der Waals surface area contributed by atoms with Crippen LogP contribution >= 0.6 is 0 Å². The summed E-state index contributed by atoms with van der Waals surface area (Å²) in [6, 6.07) is 4.10. The van der Waals surface area contributed by atoms with Crippen LogP contribution in [0.3, 0.4) is 0 Å². The van der Waals surface area contributed by atoms with E-state index in [1.165, 1.54) is 0 Å². The van der Waals surface area contributed by atoms with Gasteiger partial charge in [0, 0.05) is 31.9 Å². The zero-order valence-electron chi connectivity index (χ0n) is 18.2. The third-order valence-corrected chi connectivity index (χ3v) is 4.90. The van der Waals surface area contributed by atoms with Gasteiger partial charge < -0.3 is 15.0 Å². The van der Waals surface area contributed by atoms with Gasteiger partial charge in [0.25, 0.3) is 0 Å². The second-order valence-corrected chi connectivity index (χ2v) is 9.54. The lowest BCUT2D eigenvalue weighted by Crippen LogP contribution is -2.25. The first-order valence-corrected chi connectivity index (χ1v) is 10.1. The van der Waals surface area contributed by atoms with E-state index in [0.717, 1.165) is 29.7 Å². The average molecular weight is 386 g/mol. The molecule has 0 bridgehead atoms. The molecule has 0 atom stereocenters. The van der Waals surface area contributed by atoms with E-state index in [-0.39, 0.29) is 16.7 Å². The molecule has 0 aliphatic carbocycles. The van der Waals surface area contributed by atoms with Gasteiger partial charge in [-0.3, -0.25) is 4.79 Å². The van der Waals surface area contributed by atoms with E-state index in [1.807, 2.05) is 10.8 Å². The highest BCUT2D eigenvalue weighted by Gasteiger charge is 2.26. The normalized spacial score (nSPS) is 12.2. The topological polar surface area (TPSA) is 67.2 Å². The number of aromatic nitrogens is 2. The van der Waals surface area contributed by atoms with Crippen LogP contribution in [-0.4, -0.2) is 27.1 Å². The summed E-state index contributed by atoms with van der Waals surface area (Å²) in [6.45, 7) is 14.1. The number of aromatic hydroxyl groups is 1. The Hall–Kier alpha value is -2.30. The van der Waals surface area contributed by atoms with Crippen molar-refractivity contribution in [1.29, 1.82) is 0 Å². The molecule has 0 unspecified atom stereocenters. The SMILES string of the molecule is CC(C)(C)c1cc(CCC(=O)NCCCn2ccnc2)cc(C(C)(C)C)c1O. The molecular formula is C23H35N3O2. The molecule has 0 aliphatic rings. The quantitative estimate of drug-likeness (QED) is 0.698. The zero-order chi connectivity index (χ0) is 20.9. The molecule has 2 N–H and O–H groups in total. The lowest BCUT2D eigenvalue weighted by atomic mass is 9.78. The highest BCUT2D eigenvalue weighted by Crippen LogP contribution is 2.39. The Morgan fingerprint density at radius 2 is 1.71 bits per heavy atom. The fraction of sp³-hybridized carbons (Fsp3) is 0.565. The molecule has 1 aromatic heterocycles. The fourth-order valence-corrected chi connectivity index (χ4v) is 3.24. The maximum absolute atomic E-state index is 12.2. The van der Waals surface area contributed by atoms with Gasteiger partial charge in [-0.15, -0.1) is 0 Å². The van der Waals surface area contributed by atoms with Crippen LogP contribution in [0.1, 0.15) is 71.1 Å². The Morgan fingerprint density at radius 3 is 2.21 bits per heavy atom. The van der Waals surface area contributed by atoms with Crippen molar-refractivity contribution in [2.75, 3.05) is 6.54 Å². The molecule has 154 valence electrons. The third-order valence-electron chi connectivity index (χ3n) is 4.90. The van der Waals surface area contributed by atoms with Crippen molar-refractivity contribution in [3.8, 4) is 5.75 Å². The van der Waals surface area contributed by atoms with E-state index >= 15 is 0 Å². The van der Waals surface area contributed by atoms with Crippen molar-refractivity contribution < 1.29 is 9.90 Å². The van der Waals surface area contributed by atoms with Crippen molar-refractivity contribution in [2.45, 2.75) is 78.2 Å². The minimum Gasteiger partial charge on any atom is -0.507 e. The molecule has 28 heavy (non-hydrogen) atoms. The molecule has 0 radical (unpaired) electrons. The number of carbonyl (C=O) groups is 1. The maximum Gasteiger partial charge on any atom is 0.220 e. The number of hydrogen-bond acceptors (Lipinski definition) is 3. The molecule has 5 heteroatoms. The molecule has 0 spiro atoms. The van der Waals surface area contributed by atoms with E-state index in [9.17, 15) is 9.90 Å². The van der Waals surface area contributed by atoms with Gasteiger partial charge >= 0.3 is 0 Å². The second kappa shape index (κ2) is 8.80. The van der Waals surface area contributed by atoms with E-state index in [0.29, 0.717) is 25.1 Å². The number of phenolic OH excluding ortho intramolecular Hbond substituents is 1. The first-order valence-electron chi connectivity index (χ1n) is 10.1. The highest BCUT2D eigenvalue weighted by molar-refractivity contribution is 5.76. The van der Waals surface area contributed by atoms with Crippen LogP contribution in [0.15, 0.2) is 30.9 Å². The van der Waals surface area contributed by atoms with Gasteiger partial charge in [-0.1, -0.05) is 53.7 Å². The van der Waals surface area contributed by atoms with E-state index in [1.54, 1.807) is 12.5 Å². The number of aryl methyl sites for hydroxylation is 2. The van der Waals surface area contributed by atoms with Crippen LogP contribution in [0.2, 0.25) is 0 Å². The maximum atomic E-state index is 12.2. The number of carbonyl (C=O) groups excluding carboxylic acids is 1. The lowest BCUT2D eigenvalue weighted by Gasteiger charge is -2.28. The Labute approximate surface area is 169 Å². The van der Waals surface area contributed by atoms with Crippen LogP contribution in [0.25, 0.3) is 0 Å². The van der Waals surface area contributed by atoms with Crippen molar-refractivity contribution >= 4 is 5.91 Å². The van der Waals surface area contributed by atoms with Gasteiger partial charge in [0.05, 0.1) is 6.33 Å². The number of phenols is 1. The van der Waals surface area contributed by atoms with Crippen molar-refractivity contribution in [3.63, 3.8) is 0 Å². The summed E-state index contributed by atoms with van der Waals surface area (Å²) in [5.41, 5.74) is 2.67. The number of amides is 1. The molecule has 0 saturated heterocycles. The number of hydrogen-bond donors (Lipinski definition) is 2. The first kappa shape index (κ1) is 22.0. The van der Waals surface area contributed by atoms with Crippen LogP contribution in [0.5, 0.6) is 5.75 Å². The Bertz CT molecular complexity index is 746. The molecule has 0 fully saturated rings. The molecule has 1 amide bonds. The second-order valence-electron chi connectivity index (χ2n) is 9.54. The smallest absolute Gasteiger partial charge is 0.220 e. The van der Waals surface area contributed by atoms with Crippen molar-refractivity contribution in [1.82, 2.24) is 14.9 Å². The largest absolute Gasteiger partial charge is 0.507 e. The monoisotopic (exact) mass is 385 g/mol. The van der Waals surface area contributed by atoms with E-state index in [2.05, 4.69) is 64.0 Å². The van der Waals surface area contributed by atoms with Crippen molar-refractivity contribution in [2.24, 2.45) is 0 Å². The Morgan fingerprint density at radius 1 is 1.11 bits per heavy atom. The van der Waals surface area contributed by atoms with Gasteiger partial charge in [-0.25, -0.2) is 4.98 Å². The number of imidazole rings is 1. The number of nitrogens with zero attached hydrogens (tertiary/aromatic N) is 2. The van der Waals surface area contributed by atoms with Crippen LogP contribution in [0, 0.1) is 0 Å². The Kier molecular flexibility index (Phi) is 6.91. The average Bonchev–Trinajstić information content (AvgIpc) is 3.09.